The van der Waals surface area contributed by atoms with Crippen molar-refractivity contribution in [2.24, 2.45) is 0 Å². The van der Waals surface area contributed by atoms with Crippen molar-refractivity contribution in [3.63, 3.8) is 0 Å². The second-order valence-corrected chi connectivity index (χ2v) is 14.4. The minimum Gasteiger partial charge on any atom is -0.310 e. The number of hydrogen-bond donors (Lipinski definition) is 0. The van der Waals surface area contributed by atoms with Gasteiger partial charge in [0.1, 0.15) is 0 Å². The maximum absolute atomic E-state index is 2.40. The van der Waals surface area contributed by atoms with Crippen LogP contribution in [0.5, 0.6) is 0 Å². The Hall–Kier alpha value is -6.48. The van der Waals surface area contributed by atoms with E-state index in [4.69, 9.17) is 0 Å². The first-order chi connectivity index (χ1) is 25.8. The molecule has 0 fully saturated rings. The second-order valence-electron chi connectivity index (χ2n) is 13.4. The average molecular weight is 680 g/mol. The molecule has 0 radical (unpaired) electrons. The maximum Gasteiger partial charge on any atom is 0.0540 e. The van der Waals surface area contributed by atoms with E-state index in [1.807, 2.05) is 11.3 Å². The zero-order chi connectivity index (χ0) is 34.4. The lowest BCUT2D eigenvalue weighted by Crippen LogP contribution is -2.11. The summed E-state index contributed by atoms with van der Waals surface area (Å²) in [6.45, 7) is 0. The number of fused-ring (bicyclic) bond motifs is 5. The molecule has 2 heteroatoms. The van der Waals surface area contributed by atoms with Crippen molar-refractivity contribution in [3.05, 3.63) is 200 Å². The Morgan fingerprint density at radius 2 is 0.885 bits per heavy atom. The van der Waals surface area contributed by atoms with Gasteiger partial charge in [-0.3, -0.25) is 0 Å². The van der Waals surface area contributed by atoms with Crippen LogP contribution in [0.25, 0.3) is 75.1 Å². The van der Waals surface area contributed by atoms with E-state index in [0.717, 1.165) is 17.1 Å². The van der Waals surface area contributed by atoms with Crippen molar-refractivity contribution in [1.82, 2.24) is 0 Å². The topological polar surface area (TPSA) is 3.24 Å². The molecule has 0 spiro atoms. The Labute approximate surface area is 307 Å². The summed E-state index contributed by atoms with van der Waals surface area (Å²) >= 11 is 1.88. The molecule has 52 heavy (non-hydrogen) atoms. The lowest BCUT2D eigenvalue weighted by atomic mass is 9.97. The summed E-state index contributed by atoms with van der Waals surface area (Å²) in [7, 11) is 0. The molecular weight excluding hydrogens is 647 g/mol. The SMILES string of the molecule is c1ccc(-c2ccc(N(c3ccc(-c4cccc5sc6cc7ccccc7cc6c45)cc3)c3ccccc3-c3ccc4ccccc4c3)cc2)cc1. The van der Waals surface area contributed by atoms with Crippen LogP contribution >= 0.6 is 11.3 Å². The summed E-state index contributed by atoms with van der Waals surface area (Å²) < 4.78 is 2.64. The molecule has 1 heterocycles. The third-order valence-corrected chi connectivity index (χ3v) is 11.4. The van der Waals surface area contributed by atoms with Gasteiger partial charge in [-0.25, -0.2) is 0 Å². The predicted octanol–water partition coefficient (Wildman–Crippen LogP) is 14.8. The van der Waals surface area contributed by atoms with Crippen LogP contribution in [0.2, 0.25) is 0 Å². The Morgan fingerprint density at radius 1 is 0.327 bits per heavy atom. The summed E-state index contributed by atoms with van der Waals surface area (Å²) in [5.41, 5.74) is 10.6. The summed E-state index contributed by atoms with van der Waals surface area (Å²) in [6.07, 6.45) is 0. The largest absolute Gasteiger partial charge is 0.310 e. The van der Waals surface area contributed by atoms with Gasteiger partial charge in [-0.15, -0.1) is 11.3 Å². The van der Waals surface area contributed by atoms with Crippen LogP contribution in [0.15, 0.2) is 200 Å². The van der Waals surface area contributed by atoms with Gasteiger partial charge in [-0.2, -0.15) is 0 Å². The molecule has 0 aliphatic carbocycles. The molecule has 10 rings (SSSR count). The highest BCUT2D eigenvalue weighted by molar-refractivity contribution is 7.26. The molecule has 0 aliphatic rings. The van der Waals surface area contributed by atoms with Crippen molar-refractivity contribution in [2.45, 2.75) is 0 Å². The van der Waals surface area contributed by atoms with Crippen LogP contribution in [0.4, 0.5) is 17.1 Å². The molecule has 1 nitrogen and oxygen atoms in total. The predicted molar refractivity (Wildman–Crippen MR) is 225 cm³/mol. The van der Waals surface area contributed by atoms with E-state index in [1.54, 1.807) is 0 Å². The minimum absolute atomic E-state index is 1.11. The van der Waals surface area contributed by atoms with Gasteiger partial charge < -0.3 is 4.90 Å². The highest BCUT2D eigenvalue weighted by atomic mass is 32.1. The normalized spacial score (nSPS) is 11.5. The van der Waals surface area contributed by atoms with Crippen molar-refractivity contribution < 1.29 is 0 Å². The maximum atomic E-state index is 2.40. The fourth-order valence-corrected chi connectivity index (χ4v) is 8.84. The van der Waals surface area contributed by atoms with Crippen molar-refractivity contribution in [1.29, 1.82) is 0 Å². The van der Waals surface area contributed by atoms with Gasteiger partial charge in [0.25, 0.3) is 0 Å². The van der Waals surface area contributed by atoms with Gasteiger partial charge in [0.2, 0.25) is 0 Å². The quantitative estimate of drug-likeness (QED) is 0.169. The number of anilines is 3. The number of rotatable bonds is 6. The van der Waals surface area contributed by atoms with Gasteiger partial charge in [-0.05, 0) is 104 Å². The van der Waals surface area contributed by atoms with E-state index in [9.17, 15) is 0 Å². The third-order valence-electron chi connectivity index (χ3n) is 10.2. The van der Waals surface area contributed by atoms with E-state index in [0.29, 0.717) is 0 Å². The van der Waals surface area contributed by atoms with Crippen LogP contribution in [-0.4, -0.2) is 0 Å². The number of benzene rings is 9. The molecule has 0 amide bonds. The molecule has 0 saturated heterocycles. The van der Waals surface area contributed by atoms with E-state index >= 15 is 0 Å². The Morgan fingerprint density at radius 3 is 1.63 bits per heavy atom. The van der Waals surface area contributed by atoms with Gasteiger partial charge >= 0.3 is 0 Å². The standard InChI is InChI=1S/C50H33NS/c1-2-11-34(12-3-1)36-23-27-42(28-24-36)51(47-19-9-8-17-44(47)41-22-21-35-13-4-5-14-38(35)31-41)43-29-25-37(26-30-43)45-18-10-20-48-50(45)46-32-39-15-6-7-16-40(39)33-49(46)52-48/h1-33H. The van der Waals surface area contributed by atoms with Gasteiger partial charge in [0.05, 0.1) is 5.69 Å². The Bertz CT molecular complexity index is 2890. The number of para-hydroxylation sites is 1. The summed E-state index contributed by atoms with van der Waals surface area (Å²) in [5.74, 6) is 0. The van der Waals surface area contributed by atoms with E-state index in [1.165, 1.54) is 75.1 Å². The van der Waals surface area contributed by atoms with Crippen molar-refractivity contribution in [3.8, 4) is 33.4 Å². The molecule has 244 valence electrons. The Kier molecular flexibility index (Phi) is 7.41. The fourth-order valence-electron chi connectivity index (χ4n) is 7.67. The first-order valence-electron chi connectivity index (χ1n) is 17.8. The molecule has 0 N–H and O–H groups in total. The first kappa shape index (κ1) is 30.4. The highest BCUT2D eigenvalue weighted by Crippen LogP contribution is 2.44. The zero-order valence-electron chi connectivity index (χ0n) is 28.4. The van der Waals surface area contributed by atoms with Crippen LogP contribution in [0.3, 0.4) is 0 Å². The fraction of sp³-hybridized carbons (Fsp3) is 0. The van der Waals surface area contributed by atoms with E-state index < -0.39 is 0 Å². The number of thiophene rings is 1. The molecule has 0 atom stereocenters. The summed E-state index contributed by atoms with van der Waals surface area (Å²) in [4.78, 5) is 2.40. The molecule has 9 aromatic carbocycles. The highest BCUT2D eigenvalue weighted by Gasteiger charge is 2.19. The average Bonchev–Trinajstić information content (AvgIpc) is 3.58. The van der Waals surface area contributed by atoms with Gasteiger partial charge in [0, 0.05) is 37.1 Å². The molecule has 0 bridgehead atoms. The van der Waals surface area contributed by atoms with Crippen LogP contribution in [-0.2, 0) is 0 Å². The Balaban J connectivity index is 1.11. The summed E-state index contributed by atoms with van der Waals surface area (Å²) in [5, 5.41) is 7.70. The zero-order valence-corrected chi connectivity index (χ0v) is 29.2. The molecule has 1 aromatic heterocycles. The summed E-state index contributed by atoms with van der Waals surface area (Å²) in [6, 6.07) is 72.9. The molecule has 0 aliphatic heterocycles. The molecular formula is C50H33NS. The monoisotopic (exact) mass is 679 g/mol. The lowest BCUT2D eigenvalue weighted by molar-refractivity contribution is 1.28. The van der Waals surface area contributed by atoms with Gasteiger partial charge in [0.15, 0.2) is 0 Å². The molecule has 0 saturated carbocycles. The van der Waals surface area contributed by atoms with Crippen molar-refractivity contribution >= 4 is 70.1 Å². The van der Waals surface area contributed by atoms with Crippen LogP contribution in [0, 0.1) is 0 Å². The minimum atomic E-state index is 1.11. The first-order valence-corrected chi connectivity index (χ1v) is 18.6. The molecule has 10 aromatic rings. The van der Waals surface area contributed by atoms with E-state index in [-0.39, 0.29) is 0 Å². The number of hydrogen-bond acceptors (Lipinski definition) is 2. The number of nitrogens with zero attached hydrogens (tertiary/aromatic N) is 1. The lowest BCUT2D eigenvalue weighted by Gasteiger charge is -2.28. The van der Waals surface area contributed by atoms with Crippen LogP contribution in [0.1, 0.15) is 0 Å². The second kappa shape index (κ2) is 12.7. The third kappa shape index (κ3) is 5.33. The van der Waals surface area contributed by atoms with Crippen molar-refractivity contribution in [2.75, 3.05) is 4.90 Å². The molecule has 0 unspecified atom stereocenters. The smallest absolute Gasteiger partial charge is 0.0540 e. The van der Waals surface area contributed by atoms with Crippen LogP contribution < -0.4 is 4.90 Å². The van der Waals surface area contributed by atoms with E-state index in [2.05, 4.69) is 205 Å². The van der Waals surface area contributed by atoms with Gasteiger partial charge in [-0.1, -0.05) is 146 Å².